The number of likely N-dealkylation sites (tertiary alicyclic amines) is 1. The van der Waals surface area contributed by atoms with Crippen LogP contribution in [0, 0.1) is 5.82 Å². The fraction of sp³-hybridized carbons (Fsp3) is 0.233. The molecule has 0 bridgehead atoms. The maximum absolute atomic E-state index is 13.4. The van der Waals surface area contributed by atoms with Crippen LogP contribution in [0.1, 0.15) is 24.8 Å². The van der Waals surface area contributed by atoms with Gasteiger partial charge in [0.2, 0.25) is 5.91 Å². The van der Waals surface area contributed by atoms with Crippen LogP contribution in [0.25, 0.3) is 10.9 Å². The number of ether oxygens (including phenoxy) is 1. The molecule has 0 radical (unpaired) electrons. The normalized spacial score (nSPS) is 14.0. The second-order valence-electron chi connectivity index (χ2n) is 9.36. The predicted molar refractivity (Wildman–Crippen MR) is 153 cm³/mol. The van der Waals surface area contributed by atoms with Gasteiger partial charge in [-0.25, -0.2) is 14.4 Å². The Balaban J connectivity index is 1.25. The minimum Gasteiger partial charge on any atom is -0.489 e. The molecule has 1 aromatic heterocycles. The minimum absolute atomic E-state index is 0.242. The lowest BCUT2D eigenvalue weighted by atomic mass is 10.1. The highest BCUT2D eigenvalue weighted by molar-refractivity contribution is 6.39. The summed E-state index contributed by atoms with van der Waals surface area (Å²) >= 11 is 6.73. The molecule has 1 aliphatic heterocycles. The Hall–Kier alpha value is -4.01. The summed E-state index contributed by atoms with van der Waals surface area (Å²) < 4.78 is 19.2. The first-order valence-corrected chi connectivity index (χ1v) is 13.3. The van der Waals surface area contributed by atoms with Crippen molar-refractivity contribution in [2.45, 2.75) is 25.9 Å². The monoisotopic (exact) mass is 545 g/mol. The average molecular weight is 546 g/mol. The van der Waals surface area contributed by atoms with Gasteiger partial charge in [0, 0.05) is 18.3 Å². The third-order valence-electron chi connectivity index (χ3n) is 6.49. The Morgan fingerprint density at radius 1 is 1.05 bits per heavy atom. The molecule has 0 atom stereocenters. The van der Waals surface area contributed by atoms with E-state index in [1.807, 2.05) is 36.4 Å². The average Bonchev–Trinajstić information content (AvgIpc) is 2.95. The van der Waals surface area contributed by atoms with Gasteiger partial charge in [0.25, 0.3) is 0 Å². The van der Waals surface area contributed by atoms with Crippen LogP contribution in [-0.2, 0) is 11.4 Å². The van der Waals surface area contributed by atoms with E-state index >= 15 is 0 Å². The highest BCUT2D eigenvalue weighted by Gasteiger charge is 2.14. The molecule has 1 saturated heterocycles. The molecule has 2 heterocycles. The minimum atomic E-state index is -0.293. The van der Waals surface area contributed by atoms with Gasteiger partial charge in [-0.3, -0.25) is 9.69 Å². The van der Waals surface area contributed by atoms with E-state index in [4.69, 9.17) is 16.3 Å². The van der Waals surface area contributed by atoms with Crippen LogP contribution < -0.4 is 15.4 Å². The van der Waals surface area contributed by atoms with Crippen LogP contribution in [0.3, 0.4) is 0 Å². The molecule has 39 heavy (non-hydrogen) atoms. The number of hydrogen-bond donors (Lipinski definition) is 2. The number of nitrogens with one attached hydrogen (secondary N) is 2. The van der Waals surface area contributed by atoms with Gasteiger partial charge in [0.05, 0.1) is 21.6 Å². The van der Waals surface area contributed by atoms with Gasteiger partial charge in [-0.1, -0.05) is 36.2 Å². The number of aromatic nitrogens is 2. The van der Waals surface area contributed by atoms with Crippen molar-refractivity contribution in [2.75, 3.05) is 30.3 Å². The molecule has 0 aliphatic carbocycles. The lowest BCUT2D eigenvalue weighted by Gasteiger charge is -2.24. The van der Waals surface area contributed by atoms with Gasteiger partial charge in [-0.2, -0.15) is 0 Å². The maximum Gasteiger partial charge on any atom is 0.248 e. The van der Waals surface area contributed by atoms with Gasteiger partial charge in [-0.05, 0) is 80.0 Å². The van der Waals surface area contributed by atoms with Crippen molar-refractivity contribution >= 4 is 45.6 Å². The van der Waals surface area contributed by atoms with E-state index in [1.165, 1.54) is 37.7 Å². The van der Waals surface area contributed by atoms with Crippen LogP contribution in [-0.4, -0.2) is 40.4 Å². The summed E-state index contributed by atoms with van der Waals surface area (Å²) in [6.45, 7) is 3.17. The molecule has 0 spiro atoms. The summed E-state index contributed by atoms with van der Waals surface area (Å²) in [5.74, 6) is 0.621. The summed E-state index contributed by atoms with van der Waals surface area (Å²) in [5, 5.41) is 7.09. The molecule has 9 heteroatoms. The third-order valence-corrected chi connectivity index (χ3v) is 6.88. The van der Waals surface area contributed by atoms with Crippen molar-refractivity contribution in [1.29, 1.82) is 0 Å². The molecule has 4 aromatic rings. The molecule has 0 saturated carbocycles. The van der Waals surface area contributed by atoms with Gasteiger partial charge < -0.3 is 15.4 Å². The zero-order chi connectivity index (χ0) is 27.0. The number of fused-ring (bicyclic) bond motifs is 1. The summed E-state index contributed by atoms with van der Waals surface area (Å²) in [6, 6.07) is 17.2. The number of benzene rings is 3. The zero-order valence-electron chi connectivity index (χ0n) is 21.4. The van der Waals surface area contributed by atoms with Crippen molar-refractivity contribution < 1.29 is 13.9 Å². The number of carbonyl (C=O) groups excluding carboxylic acids is 1. The predicted octanol–water partition coefficient (Wildman–Crippen LogP) is 6.73. The number of piperidine rings is 1. The van der Waals surface area contributed by atoms with Gasteiger partial charge in [0.15, 0.2) is 0 Å². The number of amides is 1. The number of rotatable bonds is 9. The highest BCUT2D eigenvalue weighted by Crippen LogP contribution is 2.35. The molecule has 1 fully saturated rings. The van der Waals surface area contributed by atoms with E-state index in [0.717, 1.165) is 30.9 Å². The lowest BCUT2D eigenvalue weighted by Crippen LogP contribution is -2.29. The second-order valence-corrected chi connectivity index (χ2v) is 9.74. The molecule has 1 aliphatic rings. The molecule has 200 valence electrons. The Kier molecular flexibility index (Phi) is 8.65. The lowest BCUT2D eigenvalue weighted by molar-refractivity contribution is -0.111. The van der Waals surface area contributed by atoms with Gasteiger partial charge in [0.1, 0.15) is 30.3 Å². The van der Waals surface area contributed by atoms with Crippen molar-refractivity contribution in [3.05, 3.63) is 95.5 Å². The second kappa shape index (κ2) is 12.7. The van der Waals surface area contributed by atoms with Crippen LogP contribution in [0.2, 0.25) is 5.02 Å². The Bertz CT molecular complexity index is 1470. The maximum atomic E-state index is 13.4. The summed E-state index contributed by atoms with van der Waals surface area (Å²) in [5.41, 5.74) is 2.64. The molecule has 5 rings (SSSR count). The van der Waals surface area contributed by atoms with Crippen molar-refractivity contribution in [3.8, 4) is 5.75 Å². The van der Waals surface area contributed by atoms with Crippen LogP contribution >= 0.6 is 11.6 Å². The molecule has 1 amide bonds. The number of hydrogen-bond acceptors (Lipinski definition) is 6. The van der Waals surface area contributed by atoms with Gasteiger partial charge in [-0.15, -0.1) is 0 Å². The molecular formula is C30H29ClFN5O2. The molecular weight excluding hydrogens is 517 g/mol. The molecule has 2 N–H and O–H groups in total. The van der Waals surface area contributed by atoms with E-state index in [1.54, 1.807) is 24.3 Å². The number of halogens is 2. The molecule has 0 unspecified atom stereocenters. The van der Waals surface area contributed by atoms with E-state index in [0.29, 0.717) is 33.2 Å². The van der Waals surface area contributed by atoms with Gasteiger partial charge >= 0.3 is 0 Å². The topological polar surface area (TPSA) is 79.4 Å². The first kappa shape index (κ1) is 26.6. The number of nitrogens with zero attached hydrogens (tertiary/aromatic N) is 3. The van der Waals surface area contributed by atoms with E-state index in [2.05, 4.69) is 25.5 Å². The first-order valence-electron chi connectivity index (χ1n) is 12.9. The quantitative estimate of drug-likeness (QED) is 0.227. The van der Waals surface area contributed by atoms with Crippen LogP contribution in [0.4, 0.5) is 21.6 Å². The molecule has 3 aromatic carbocycles. The van der Waals surface area contributed by atoms with Crippen molar-refractivity contribution in [3.63, 3.8) is 0 Å². The van der Waals surface area contributed by atoms with Crippen LogP contribution in [0.15, 0.2) is 79.1 Å². The van der Waals surface area contributed by atoms with E-state index in [9.17, 15) is 9.18 Å². The molecule has 7 nitrogen and oxygen atoms in total. The zero-order valence-corrected chi connectivity index (χ0v) is 22.1. The van der Waals surface area contributed by atoms with E-state index in [-0.39, 0.29) is 18.3 Å². The van der Waals surface area contributed by atoms with Crippen molar-refractivity contribution in [2.24, 2.45) is 0 Å². The number of anilines is 3. The van der Waals surface area contributed by atoms with E-state index < -0.39 is 0 Å². The standard InChI is InChI=1S/C30H29ClFN5O2/c31-29-26(36-27(38)8-5-17-37-15-2-1-3-16-37)14-13-25-28(29)30(34-20-33-25)35-23-9-11-24(12-10-23)39-19-21-6-4-7-22(32)18-21/h4-14,18,20H,1-3,15-17,19H2,(H,36,38)(H,33,34,35)/b8-5+. The fourth-order valence-corrected chi connectivity index (χ4v) is 4.79. The van der Waals surface area contributed by atoms with Crippen molar-refractivity contribution in [1.82, 2.24) is 14.9 Å². The summed E-state index contributed by atoms with van der Waals surface area (Å²) in [4.78, 5) is 23.6. The summed E-state index contributed by atoms with van der Waals surface area (Å²) in [6.07, 6.45) is 8.59. The Morgan fingerprint density at radius 3 is 2.67 bits per heavy atom. The Morgan fingerprint density at radius 2 is 1.87 bits per heavy atom. The van der Waals surface area contributed by atoms with Crippen LogP contribution in [0.5, 0.6) is 5.75 Å². The Labute approximate surface area is 231 Å². The number of carbonyl (C=O) groups is 1. The first-order chi connectivity index (χ1) is 19.0. The highest BCUT2D eigenvalue weighted by atomic mass is 35.5. The third kappa shape index (κ3) is 7.10. The smallest absolute Gasteiger partial charge is 0.248 e. The summed E-state index contributed by atoms with van der Waals surface area (Å²) in [7, 11) is 0. The fourth-order valence-electron chi connectivity index (χ4n) is 4.49. The SMILES string of the molecule is O=C(/C=C/CN1CCCCC1)Nc1ccc2ncnc(Nc3ccc(OCc4cccc(F)c4)cc3)c2c1Cl. The largest absolute Gasteiger partial charge is 0.489 e.